The highest BCUT2D eigenvalue weighted by Gasteiger charge is 2.27. The third-order valence-electron chi connectivity index (χ3n) is 4.53. The molecule has 0 aliphatic carbocycles. The Bertz CT molecular complexity index is 571. The van der Waals surface area contributed by atoms with E-state index < -0.39 is 10.0 Å². The first-order valence-corrected chi connectivity index (χ1v) is 9.22. The van der Waals surface area contributed by atoms with Gasteiger partial charge < -0.3 is 4.90 Å². The second kappa shape index (κ2) is 5.93. The Hall–Kier alpha value is -1.14. The Labute approximate surface area is 127 Å². The Kier molecular flexibility index (Phi) is 4.17. The van der Waals surface area contributed by atoms with Crippen molar-refractivity contribution in [2.24, 2.45) is 5.92 Å². The zero-order valence-corrected chi connectivity index (χ0v) is 13.3. The number of hydrogen-bond donors (Lipinski definition) is 0. The van der Waals surface area contributed by atoms with Crippen LogP contribution in [0.25, 0.3) is 0 Å². The fourth-order valence-corrected chi connectivity index (χ4v) is 4.49. The Morgan fingerprint density at radius 2 is 1.76 bits per heavy atom. The number of aromatic nitrogens is 1. The van der Waals surface area contributed by atoms with Crippen LogP contribution in [0.2, 0.25) is 0 Å². The van der Waals surface area contributed by atoms with E-state index in [4.69, 9.17) is 0 Å². The average molecular weight is 309 g/mol. The summed E-state index contributed by atoms with van der Waals surface area (Å²) in [7, 11) is -3.34. The molecule has 0 saturated carbocycles. The van der Waals surface area contributed by atoms with Crippen LogP contribution in [0, 0.1) is 5.92 Å². The fourth-order valence-electron chi connectivity index (χ4n) is 3.03. The molecule has 0 atom stereocenters. The topological polar surface area (TPSA) is 53.5 Å². The number of pyridine rings is 1. The first-order valence-electron chi connectivity index (χ1n) is 7.78. The van der Waals surface area contributed by atoms with E-state index in [0.29, 0.717) is 18.0 Å². The van der Waals surface area contributed by atoms with Crippen LogP contribution in [0.1, 0.15) is 32.6 Å². The highest BCUT2D eigenvalue weighted by Crippen LogP contribution is 2.24. The second-order valence-corrected chi connectivity index (χ2v) is 8.07. The van der Waals surface area contributed by atoms with Gasteiger partial charge in [-0.2, -0.15) is 4.31 Å². The van der Waals surface area contributed by atoms with Gasteiger partial charge in [-0.05, 0) is 43.7 Å². The fraction of sp³-hybridized carbons (Fsp3) is 0.667. The van der Waals surface area contributed by atoms with Crippen LogP contribution in [0.3, 0.4) is 0 Å². The number of sulfonamides is 1. The summed E-state index contributed by atoms with van der Waals surface area (Å²) < 4.78 is 26.4. The van der Waals surface area contributed by atoms with Crippen molar-refractivity contribution in [3.63, 3.8) is 0 Å². The molecule has 0 N–H and O–H groups in total. The van der Waals surface area contributed by atoms with Gasteiger partial charge in [-0.15, -0.1) is 0 Å². The lowest BCUT2D eigenvalue weighted by Crippen LogP contribution is -2.33. The zero-order valence-electron chi connectivity index (χ0n) is 12.5. The molecule has 1 aromatic rings. The molecule has 5 nitrogen and oxygen atoms in total. The number of hydrogen-bond acceptors (Lipinski definition) is 4. The van der Waals surface area contributed by atoms with Crippen LogP contribution in [-0.4, -0.2) is 43.9 Å². The van der Waals surface area contributed by atoms with Crippen LogP contribution in [0.5, 0.6) is 0 Å². The van der Waals surface area contributed by atoms with E-state index >= 15 is 0 Å². The number of piperidine rings is 1. The molecule has 2 aliphatic heterocycles. The molecule has 0 amide bonds. The molecule has 116 valence electrons. The molecule has 2 saturated heterocycles. The maximum absolute atomic E-state index is 12.4. The molecule has 0 spiro atoms. The molecular weight excluding hydrogens is 286 g/mol. The van der Waals surface area contributed by atoms with Gasteiger partial charge in [0.15, 0.2) is 0 Å². The van der Waals surface area contributed by atoms with E-state index in [0.717, 1.165) is 37.7 Å². The van der Waals surface area contributed by atoms with Gasteiger partial charge in [-0.25, -0.2) is 13.4 Å². The number of nitrogens with zero attached hydrogens (tertiary/aromatic N) is 3. The van der Waals surface area contributed by atoms with Crippen molar-refractivity contribution in [1.82, 2.24) is 9.29 Å². The maximum Gasteiger partial charge on any atom is 0.244 e. The summed E-state index contributed by atoms with van der Waals surface area (Å²) in [5.41, 5.74) is 0. The largest absolute Gasteiger partial charge is 0.357 e. The van der Waals surface area contributed by atoms with Crippen molar-refractivity contribution in [3.05, 3.63) is 18.3 Å². The van der Waals surface area contributed by atoms with Crippen molar-refractivity contribution in [3.8, 4) is 0 Å². The molecule has 3 rings (SSSR count). The monoisotopic (exact) mass is 309 g/mol. The predicted molar refractivity (Wildman–Crippen MR) is 82.8 cm³/mol. The van der Waals surface area contributed by atoms with E-state index in [1.54, 1.807) is 10.4 Å². The zero-order chi connectivity index (χ0) is 14.9. The highest BCUT2D eigenvalue weighted by molar-refractivity contribution is 7.89. The molecule has 0 unspecified atom stereocenters. The summed E-state index contributed by atoms with van der Waals surface area (Å²) in [6.07, 6.45) is 5.78. The standard InChI is InChI=1S/C15H23N3O2S/c1-13-6-10-17(11-7-13)15-5-4-14(12-16-15)21(19,20)18-8-2-3-9-18/h4-5,12-13H,2-3,6-11H2,1H3. The van der Waals surface area contributed by atoms with E-state index in [2.05, 4.69) is 16.8 Å². The Morgan fingerprint density at radius 3 is 2.33 bits per heavy atom. The van der Waals surface area contributed by atoms with Gasteiger partial charge in [-0.1, -0.05) is 6.92 Å². The SMILES string of the molecule is CC1CCN(c2ccc(S(=O)(=O)N3CCCC3)cn2)CC1. The molecule has 6 heteroatoms. The van der Waals surface area contributed by atoms with Gasteiger partial charge in [-0.3, -0.25) is 0 Å². The van der Waals surface area contributed by atoms with Gasteiger partial charge in [0.25, 0.3) is 0 Å². The maximum atomic E-state index is 12.4. The van der Waals surface area contributed by atoms with E-state index in [1.165, 1.54) is 19.0 Å². The van der Waals surface area contributed by atoms with Gasteiger partial charge >= 0.3 is 0 Å². The molecule has 3 heterocycles. The lowest BCUT2D eigenvalue weighted by atomic mass is 9.99. The summed E-state index contributed by atoms with van der Waals surface area (Å²) in [6, 6.07) is 3.55. The summed E-state index contributed by atoms with van der Waals surface area (Å²) in [6.45, 7) is 5.55. The van der Waals surface area contributed by atoms with E-state index in [1.807, 2.05) is 6.07 Å². The van der Waals surface area contributed by atoms with Gasteiger partial charge in [0.1, 0.15) is 10.7 Å². The first-order chi connectivity index (χ1) is 10.1. The Morgan fingerprint density at radius 1 is 1.10 bits per heavy atom. The normalized spacial score (nSPS) is 21.9. The van der Waals surface area contributed by atoms with Crippen LogP contribution in [0.4, 0.5) is 5.82 Å². The lowest BCUT2D eigenvalue weighted by molar-refractivity contribution is 0.436. The minimum atomic E-state index is -3.34. The van der Waals surface area contributed by atoms with Crippen molar-refractivity contribution >= 4 is 15.8 Å². The smallest absolute Gasteiger partial charge is 0.244 e. The first kappa shape index (κ1) is 14.8. The van der Waals surface area contributed by atoms with Gasteiger partial charge in [0, 0.05) is 32.4 Å². The molecule has 2 aliphatic rings. The van der Waals surface area contributed by atoms with Crippen LogP contribution >= 0.6 is 0 Å². The quantitative estimate of drug-likeness (QED) is 0.858. The van der Waals surface area contributed by atoms with Crippen molar-refractivity contribution in [2.45, 2.75) is 37.5 Å². The van der Waals surface area contributed by atoms with Gasteiger partial charge in [0.2, 0.25) is 10.0 Å². The van der Waals surface area contributed by atoms with Crippen molar-refractivity contribution in [2.75, 3.05) is 31.1 Å². The molecule has 0 radical (unpaired) electrons. The number of rotatable bonds is 3. The summed E-state index contributed by atoms with van der Waals surface area (Å²) in [5, 5.41) is 0. The highest BCUT2D eigenvalue weighted by atomic mass is 32.2. The molecule has 21 heavy (non-hydrogen) atoms. The molecule has 0 aromatic carbocycles. The number of anilines is 1. The molecule has 2 fully saturated rings. The van der Waals surface area contributed by atoms with Crippen LogP contribution in [0.15, 0.2) is 23.2 Å². The average Bonchev–Trinajstić information content (AvgIpc) is 3.03. The summed E-state index contributed by atoms with van der Waals surface area (Å²) in [4.78, 5) is 6.95. The minimum Gasteiger partial charge on any atom is -0.357 e. The lowest BCUT2D eigenvalue weighted by Gasteiger charge is -2.31. The molecular formula is C15H23N3O2S. The molecule has 1 aromatic heterocycles. The second-order valence-electron chi connectivity index (χ2n) is 6.13. The minimum absolute atomic E-state index is 0.318. The van der Waals surface area contributed by atoms with Gasteiger partial charge in [0.05, 0.1) is 0 Å². The Balaban J connectivity index is 1.74. The van der Waals surface area contributed by atoms with E-state index in [9.17, 15) is 8.42 Å². The van der Waals surface area contributed by atoms with Crippen LogP contribution in [-0.2, 0) is 10.0 Å². The summed E-state index contributed by atoms with van der Waals surface area (Å²) >= 11 is 0. The van der Waals surface area contributed by atoms with E-state index in [-0.39, 0.29) is 0 Å². The predicted octanol–water partition coefficient (Wildman–Crippen LogP) is 2.10. The third kappa shape index (κ3) is 3.06. The van der Waals surface area contributed by atoms with Crippen LogP contribution < -0.4 is 4.90 Å². The third-order valence-corrected chi connectivity index (χ3v) is 6.41. The van der Waals surface area contributed by atoms with Crippen molar-refractivity contribution in [1.29, 1.82) is 0 Å². The molecule has 0 bridgehead atoms. The van der Waals surface area contributed by atoms with Crippen molar-refractivity contribution < 1.29 is 8.42 Å². The summed E-state index contributed by atoms with van der Waals surface area (Å²) in [5.74, 6) is 1.67.